The average molecular weight is 402 g/mol. The van der Waals surface area contributed by atoms with Gasteiger partial charge in [-0.15, -0.1) is 0 Å². The van der Waals surface area contributed by atoms with Gasteiger partial charge in [0.1, 0.15) is 5.82 Å². The van der Waals surface area contributed by atoms with Crippen LogP contribution in [0.5, 0.6) is 0 Å². The standard InChI is InChI=1S/C24H27N5O/c1-16-7-9-19(10-8-16)26-22-15-17(2)25-24(29-22)28-21-13-11-20(12-14-21)27-23(30)18-5-3-4-6-18/h7-15,18H,3-6H2,1-2H3,(H,27,30)(H2,25,26,28,29). The van der Waals surface area contributed by atoms with Crippen molar-refractivity contribution >= 4 is 34.7 Å². The third-order valence-electron chi connectivity index (χ3n) is 5.31. The molecule has 0 saturated heterocycles. The maximum absolute atomic E-state index is 12.3. The first-order valence-electron chi connectivity index (χ1n) is 10.4. The molecule has 4 rings (SSSR count). The third-order valence-corrected chi connectivity index (χ3v) is 5.31. The maximum Gasteiger partial charge on any atom is 0.229 e. The number of hydrogen-bond donors (Lipinski definition) is 3. The molecule has 1 amide bonds. The quantitative estimate of drug-likeness (QED) is 0.493. The largest absolute Gasteiger partial charge is 0.340 e. The summed E-state index contributed by atoms with van der Waals surface area (Å²) in [6.45, 7) is 4.00. The monoisotopic (exact) mass is 401 g/mol. The molecule has 3 N–H and O–H groups in total. The zero-order valence-electron chi connectivity index (χ0n) is 17.4. The number of aryl methyl sites for hydroxylation is 2. The molecule has 3 aromatic rings. The van der Waals surface area contributed by atoms with Crippen molar-refractivity contribution in [3.8, 4) is 0 Å². The molecule has 6 nitrogen and oxygen atoms in total. The molecule has 1 aromatic heterocycles. The van der Waals surface area contributed by atoms with E-state index in [9.17, 15) is 4.79 Å². The lowest BCUT2D eigenvalue weighted by Crippen LogP contribution is -2.20. The molecule has 30 heavy (non-hydrogen) atoms. The van der Waals surface area contributed by atoms with Crippen LogP contribution in [0.3, 0.4) is 0 Å². The number of carbonyl (C=O) groups is 1. The van der Waals surface area contributed by atoms with Gasteiger partial charge in [0.2, 0.25) is 11.9 Å². The van der Waals surface area contributed by atoms with Crippen LogP contribution in [0.2, 0.25) is 0 Å². The highest BCUT2D eigenvalue weighted by atomic mass is 16.1. The second kappa shape index (κ2) is 8.95. The van der Waals surface area contributed by atoms with E-state index in [1.165, 1.54) is 5.56 Å². The Morgan fingerprint density at radius 2 is 1.43 bits per heavy atom. The number of rotatable bonds is 6. The van der Waals surface area contributed by atoms with Crippen LogP contribution >= 0.6 is 0 Å². The molecule has 0 aliphatic heterocycles. The lowest BCUT2D eigenvalue weighted by Gasteiger charge is -2.12. The normalized spacial score (nSPS) is 13.8. The Balaban J connectivity index is 1.41. The van der Waals surface area contributed by atoms with Crippen LogP contribution in [-0.4, -0.2) is 15.9 Å². The van der Waals surface area contributed by atoms with Gasteiger partial charge in [0, 0.05) is 34.7 Å². The second-order valence-electron chi connectivity index (χ2n) is 7.88. The SMILES string of the molecule is Cc1ccc(Nc2cc(C)nc(Nc3ccc(NC(=O)C4CCCC4)cc3)n2)cc1. The van der Waals surface area contributed by atoms with Crippen molar-refractivity contribution < 1.29 is 4.79 Å². The molecular formula is C24H27N5O. The minimum absolute atomic E-state index is 0.127. The van der Waals surface area contributed by atoms with E-state index in [4.69, 9.17) is 0 Å². The zero-order valence-corrected chi connectivity index (χ0v) is 17.4. The van der Waals surface area contributed by atoms with Gasteiger partial charge in [0.15, 0.2) is 0 Å². The molecule has 0 radical (unpaired) electrons. The highest BCUT2D eigenvalue weighted by molar-refractivity contribution is 5.92. The molecule has 1 aliphatic carbocycles. The molecule has 1 heterocycles. The first-order chi connectivity index (χ1) is 14.5. The van der Waals surface area contributed by atoms with Crippen molar-refractivity contribution in [1.82, 2.24) is 9.97 Å². The fraction of sp³-hybridized carbons (Fsp3) is 0.292. The average Bonchev–Trinajstić information content (AvgIpc) is 3.26. The Labute approximate surface area is 177 Å². The topological polar surface area (TPSA) is 78.9 Å². The minimum atomic E-state index is 0.127. The van der Waals surface area contributed by atoms with Crippen molar-refractivity contribution in [2.75, 3.05) is 16.0 Å². The molecule has 0 unspecified atom stereocenters. The van der Waals surface area contributed by atoms with Gasteiger partial charge in [-0.25, -0.2) is 4.98 Å². The van der Waals surface area contributed by atoms with Gasteiger partial charge >= 0.3 is 0 Å². The number of anilines is 5. The smallest absolute Gasteiger partial charge is 0.229 e. The van der Waals surface area contributed by atoms with E-state index in [1.54, 1.807) is 0 Å². The van der Waals surface area contributed by atoms with Crippen molar-refractivity contribution in [2.24, 2.45) is 5.92 Å². The van der Waals surface area contributed by atoms with E-state index in [2.05, 4.69) is 45.0 Å². The predicted octanol–water partition coefficient (Wildman–Crippen LogP) is 5.71. The summed E-state index contributed by atoms with van der Waals surface area (Å²) in [6.07, 6.45) is 4.29. The van der Waals surface area contributed by atoms with Crippen LogP contribution in [0.4, 0.5) is 28.8 Å². The molecule has 0 spiro atoms. The Morgan fingerprint density at radius 3 is 2.13 bits per heavy atom. The number of hydrogen-bond acceptors (Lipinski definition) is 5. The van der Waals surface area contributed by atoms with E-state index in [0.717, 1.165) is 54.3 Å². The summed E-state index contributed by atoms with van der Waals surface area (Å²) < 4.78 is 0. The molecule has 1 saturated carbocycles. The number of carbonyl (C=O) groups excluding carboxylic acids is 1. The minimum Gasteiger partial charge on any atom is -0.340 e. The van der Waals surface area contributed by atoms with Crippen LogP contribution in [0.15, 0.2) is 54.6 Å². The first-order valence-corrected chi connectivity index (χ1v) is 10.4. The Bertz CT molecular complexity index is 1010. The molecule has 154 valence electrons. The van der Waals surface area contributed by atoms with Crippen molar-refractivity contribution in [2.45, 2.75) is 39.5 Å². The van der Waals surface area contributed by atoms with E-state index < -0.39 is 0 Å². The van der Waals surface area contributed by atoms with Gasteiger partial charge in [-0.2, -0.15) is 4.98 Å². The molecular weight excluding hydrogens is 374 g/mol. The van der Waals surface area contributed by atoms with Crippen molar-refractivity contribution in [3.05, 3.63) is 65.9 Å². The van der Waals surface area contributed by atoms with Crippen molar-refractivity contribution in [3.63, 3.8) is 0 Å². The number of nitrogens with one attached hydrogen (secondary N) is 3. The summed E-state index contributed by atoms with van der Waals surface area (Å²) in [5.74, 6) is 1.53. The lowest BCUT2D eigenvalue weighted by molar-refractivity contribution is -0.119. The number of nitrogens with zero attached hydrogens (tertiary/aromatic N) is 2. The summed E-state index contributed by atoms with van der Waals surface area (Å²) in [7, 11) is 0. The van der Waals surface area contributed by atoms with E-state index in [1.807, 2.05) is 49.4 Å². The van der Waals surface area contributed by atoms with Gasteiger partial charge in [0.05, 0.1) is 0 Å². The lowest BCUT2D eigenvalue weighted by atomic mass is 10.1. The van der Waals surface area contributed by atoms with Crippen LogP contribution in [0, 0.1) is 19.8 Å². The fourth-order valence-corrected chi connectivity index (χ4v) is 3.67. The first kappa shape index (κ1) is 19.9. The Kier molecular flexibility index (Phi) is 5.93. The summed E-state index contributed by atoms with van der Waals surface area (Å²) in [4.78, 5) is 21.3. The van der Waals surface area contributed by atoms with Crippen LogP contribution in [0.1, 0.15) is 36.9 Å². The molecule has 0 bridgehead atoms. The molecule has 6 heteroatoms. The van der Waals surface area contributed by atoms with E-state index in [0.29, 0.717) is 5.95 Å². The van der Waals surface area contributed by atoms with Gasteiger partial charge < -0.3 is 16.0 Å². The van der Waals surface area contributed by atoms with Gasteiger partial charge in [0.25, 0.3) is 0 Å². The summed E-state index contributed by atoms with van der Waals surface area (Å²) >= 11 is 0. The zero-order chi connectivity index (χ0) is 20.9. The molecule has 1 aliphatic rings. The van der Waals surface area contributed by atoms with E-state index >= 15 is 0 Å². The van der Waals surface area contributed by atoms with E-state index in [-0.39, 0.29) is 11.8 Å². The predicted molar refractivity (Wildman–Crippen MR) is 122 cm³/mol. The van der Waals surface area contributed by atoms with Crippen LogP contribution in [-0.2, 0) is 4.79 Å². The van der Waals surface area contributed by atoms with Crippen molar-refractivity contribution in [1.29, 1.82) is 0 Å². The number of aromatic nitrogens is 2. The third kappa shape index (κ3) is 5.14. The van der Waals surface area contributed by atoms with Crippen LogP contribution < -0.4 is 16.0 Å². The fourth-order valence-electron chi connectivity index (χ4n) is 3.67. The Hall–Kier alpha value is -3.41. The van der Waals surface area contributed by atoms with Gasteiger partial charge in [-0.1, -0.05) is 30.5 Å². The summed E-state index contributed by atoms with van der Waals surface area (Å²) in [6, 6.07) is 17.7. The second-order valence-corrected chi connectivity index (χ2v) is 7.88. The van der Waals surface area contributed by atoms with Crippen LogP contribution in [0.25, 0.3) is 0 Å². The van der Waals surface area contributed by atoms with Gasteiger partial charge in [-0.05, 0) is 63.1 Å². The van der Waals surface area contributed by atoms with Gasteiger partial charge in [-0.3, -0.25) is 4.79 Å². The molecule has 0 atom stereocenters. The summed E-state index contributed by atoms with van der Waals surface area (Å²) in [5, 5.41) is 9.57. The molecule has 2 aromatic carbocycles. The highest BCUT2D eigenvalue weighted by Gasteiger charge is 2.22. The molecule has 1 fully saturated rings. The summed E-state index contributed by atoms with van der Waals surface area (Å²) in [5.41, 5.74) is 4.73. The number of amides is 1. The number of benzene rings is 2. The highest BCUT2D eigenvalue weighted by Crippen LogP contribution is 2.26. The maximum atomic E-state index is 12.3. The Morgan fingerprint density at radius 1 is 0.833 bits per heavy atom.